The molecule has 1 aromatic heterocycles. The number of anilines is 1. The number of aryl methyl sites for hydroxylation is 1. The van der Waals surface area contributed by atoms with E-state index in [9.17, 15) is 9.59 Å². The molecule has 0 aliphatic carbocycles. The van der Waals surface area contributed by atoms with Crippen LogP contribution in [-0.2, 0) is 9.59 Å². The molecule has 0 bridgehead atoms. The maximum absolute atomic E-state index is 12.9. The summed E-state index contributed by atoms with van der Waals surface area (Å²) in [7, 11) is 0. The van der Waals surface area contributed by atoms with E-state index in [2.05, 4.69) is 22.8 Å². The highest BCUT2D eigenvalue weighted by Gasteiger charge is 2.33. The molecule has 2 N–H and O–H groups in total. The molecule has 2 atom stereocenters. The lowest BCUT2D eigenvalue weighted by Crippen LogP contribution is -3.11. The Kier molecular flexibility index (Phi) is 7.10. The maximum Gasteiger partial charge on any atom is 0.278 e. The molecule has 1 aliphatic rings. The van der Waals surface area contributed by atoms with Crippen LogP contribution < -0.4 is 10.2 Å². The average molecular weight is 421 g/mol. The number of hydrogen-bond donors (Lipinski definition) is 2. The zero-order valence-electron chi connectivity index (χ0n) is 16.3. The van der Waals surface area contributed by atoms with E-state index in [4.69, 9.17) is 11.6 Å². The topological polar surface area (TPSA) is 53.9 Å². The lowest BCUT2D eigenvalue weighted by molar-refractivity contribution is -0.910. The number of rotatable bonds is 7. The summed E-state index contributed by atoms with van der Waals surface area (Å²) in [6.45, 7) is 5.82. The van der Waals surface area contributed by atoms with Crippen molar-refractivity contribution in [2.24, 2.45) is 0 Å². The minimum Gasteiger partial charge on any atom is -0.329 e. The van der Waals surface area contributed by atoms with Crippen LogP contribution in [0.25, 0.3) is 0 Å². The summed E-state index contributed by atoms with van der Waals surface area (Å²) in [5.74, 6) is -0.175. The third-order valence-corrected chi connectivity index (χ3v) is 6.51. The molecule has 2 amide bonds. The minimum atomic E-state index is -0.202. The summed E-state index contributed by atoms with van der Waals surface area (Å²) < 4.78 is 0. The van der Waals surface area contributed by atoms with Gasteiger partial charge in [0.1, 0.15) is 12.6 Å². The number of halogens is 1. The van der Waals surface area contributed by atoms with Crippen molar-refractivity contribution in [1.82, 2.24) is 4.90 Å². The van der Waals surface area contributed by atoms with Gasteiger partial charge < -0.3 is 15.1 Å². The molecule has 150 valence electrons. The molecule has 7 heteroatoms. The molecule has 1 fully saturated rings. The van der Waals surface area contributed by atoms with Crippen molar-refractivity contribution in [3.63, 3.8) is 0 Å². The zero-order valence-corrected chi connectivity index (χ0v) is 17.9. The van der Waals surface area contributed by atoms with Crippen LogP contribution in [0.2, 0.25) is 5.02 Å². The normalized spacial score (nSPS) is 18.8. The molecule has 1 aliphatic heterocycles. The predicted molar refractivity (Wildman–Crippen MR) is 114 cm³/mol. The van der Waals surface area contributed by atoms with Gasteiger partial charge in [-0.3, -0.25) is 9.59 Å². The first-order valence-corrected chi connectivity index (χ1v) is 11.0. The van der Waals surface area contributed by atoms with Gasteiger partial charge in [0.05, 0.1) is 11.4 Å². The van der Waals surface area contributed by atoms with Crippen molar-refractivity contribution in [1.29, 1.82) is 0 Å². The highest BCUT2D eigenvalue weighted by atomic mass is 35.5. The van der Waals surface area contributed by atoms with Crippen LogP contribution in [0.3, 0.4) is 0 Å². The third kappa shape index (κ3) is 5.13. The number of likely N-dealkylation sites (N-methyl/N-ethyl adjacent to an activating group) is 1. The van der Waals surface area contributed by atoms with E-state index in [-0.39, 0.29) is 18.4 Å². The van der Waals surface area contributed by atoms with Crippen LogP contribution in [0.5, 0.6) is 0 Å². The highest BCUT2D eigenvalue weighted by molar-refractivity contribution is 7.10. The Morgan fingerprint density at radius 1 is 1.36 bits per heavy atom. The lowest BCUT2D eigenvalue weighted by Gasteiger charge is -2.25. The van der Waals surface area contributed by atoms with Crippen molar-refractivity contribution in [3.8, 4) is 0 Å². The Labute approximate surface area is 175 Å². The molecule has 2 heterocycles. The van der Waals surface area contributed by atoms with Gasteiger partial charge >= 0.3 is 0 Å². The quantitative estimate of drug-likeness (QED) is 0.723. The first kappa shape index (κ1) is 20.8. The van der Waals surface area contributed by atoms with Crippen molar-refractivity contribution in [2.75, 3.05) is 31.5 Å². The van der Waals surface area contributed by atoms with E-state index in [1.807, 2.05) is 19.9 Å². The molecular formula is C21H27ClN3O2S+. The first-order chi connectivity index (χ1) is 13.5. The summed E-state index contributed by atoms with van der Waals surface area (Å²) >= 11 is 7.78. The second kappa shape index (κ2) is 9.54. The van der Waals surface area contributed by atoms with E-state index in [1.54, 1.807) is 28.4 Å². The van der Waals surface area contributed by atoms with Crippen LogP contribution in [-0.4, -0.2) is 42.9 Å². The number of carbonyl (C=O) groups excluding carboxylic acids is 2. The minimum absolute atomic E-state index is 0.0268. The fraction of sp³-hybridized carbons (Fsp3) is 0.429. The Morgan fingerprint density at radius 2 is 2.18 bits per heavy atom. The average Bonchev–Trinajstić information content (AvgIpc) is 3.34. The first-order valence-electron chi connectivity index (χ1n) is 9.69. The van der Waals surface area contributed by atoms with Crippen molar-refractivity contribution >= 4 is 40.4 Å². The van der Waals surface area contributed by atoms with Crippen LogP contribution in [0, 0.1) is 6.92 Å². The van der Waals surface area contributed by atoms with E-state index in [0.717, 1.165) is 24.9 Å². The smallest absolute Gasteiger partial charge is 0.278 e. The Balaban J connectivity index is 1.58. The van der Waals surface area contributed by atoms with Crippen LogP contribution in [0.1, 0.15) is 36.2 Å². The Bertz CT molecular complexity index is 825. The van der Waals surface area contributed by atoms with Crippen LogP contribution in [0.4, 0.5) is 5.69 Å². The SMILES string of the molecule is CCN(CC(=O)Nc1cc(Cl)ccc1C)C(=O)C[NH+]1CCC[C@H]1c1cccs1. The standard InChI is InChI=1S/C21H26ClN3O2S/c1-3-24(13-20(26)23-17-12-16(22)9-8-15(17)2)21(27)14-25-10-4-6-18(25)19-7-5-11-28-19/h5,7-9,11-12,18H,3-4,6,10,13-14H2,1-2H3,(H,23,26)/p+1/t18-/m0/s1. The lowest BCUT2D eigenvalue weighted by atomic mass is 10.2. The van der Waals surface area contributed by atoms with Gasteiger partial charge in [0.15, 0.2) is 6.54 Å². The van der Waals surface area contributed by atoms with Gasteiger partial charge in [0.25, 0.3) is 5.91 Å². The van der Waals surface area contributed by atoms with Gasteiger partial charge in [-0.15, -0.1) is 11.3 Å². The monoisotopic (exact) mass is 420 g/mol. The van der Waals surface area contributed by atoms with Gasteiger partial charge in [0, 0.05) is 30.1 Å². The Hall–Kier alpha value is -1.89. The molecule has 1 saturated heterocycles. The van der Waals surface area contributed by atoms with Crippen LogP contribution in [0.15, 0.2) is 35.7 Å². The number of hydrogen-bond acceptors (Lipinski definition) is 3. The number of quaternary nitrogens is 1. The largest absolute Gasteiger partial charge is 0.329 e. The summed E-state index contributed by atoms with van der Waals surface area (Å²) in [4.78, 5) is 29.6. The Morgan fingerprint density at radius 3 is 2.89 bits per heavy atom. The molecule has 1 unspecified atom stereocenters. The zero-order chi connectivity index (χ0) is 20.1. The maximum atomic E-state index is 12.9. The van der Waals surface area contributed by atoms with E-state index in [0.29, 0.717) is 29.8 Å². The number of carbonyl (C=O) groups is 2. The van der Waals surface area contributed by atoms with Crippen molar-refractivity contribution in [3.05, 3.63) is 51.2 Å². The molecule has 2 aromatic rings. The number of nitrogens with one attached hydrogen (secondary N) is 2. The van der Waals surface area contributed by atoms with Gasteiger partial charge in [-0.05, 0) is 43.0 Å². The molecule has 3 rings (SSSR count). The molecular weight excluding hydrogens is 394 g/mol. The molecule has 1 aromatic carbocycles. The van der Waals surface area contributed by atoms with Crippen molar-refractivity contribution in [2.45, 2.75) is 32.7 Å². The van der Waals surface area contributed by atoms with Crippen LogP contribution >= 0.6 is 22.9 Å². The predicted octanol–water partition coefficient (Wildman–Crippen LogP) is 2.92. The van der Waals surface area contributed by atoms with E-state index in [1.165, 1.54) is 9.78 Å². The second-order valence-electron chi connectivity index (χ2n) is 7.21. The van der Waals surface area contributed by atoms with Gasteiger partial charge in [-0.25, -0.2) is 0 Å². The molecule has 28 heavy (non-hydrogen) atoms. The fourth-order valence-electron chi connectivity index (χ4n) is 3.73. The summed E-state index contributed by atoms with van der Waals surface area (Å²) in [5.41, 5.74) is 1.62. The highest BCUT2D eigenvalue weighted by Crippen LogP contribution is 2.23. The summed E-state index contributed by atoms with van der Waals surface area (Å²) in [6, 6.07) is 10.00. The number of benzene rings is 1. The summed E-state index contributed by atoms with van der Waals surface area (Å²) in [6.07, 6.45) is 2.25. The van der Waals surface area contributed by atoms with Gasteiger partial charge in [-0.2, -0.15) is 0 Å². The second-order valence-corrected chi connectivity index (χ2v) is 8.63. The molecule has 5 nitrogen and oxygen atoms in total. The van der Waals surface area contributed by atoms with Gasteiger partial charge in [0.2, 0.25) is 5.91 Å². The van der Waals surface area contributed by atoms with E-state index < -0.39 is 0 Å². The third-order valence-electron chi connectivity index (χ3n) is 5.29. The number of nitrogens with zero attached hydrogens (tertiary/aromatic N) is 1. The fourth-order valence-corrected chi connectivity index (χ4v) is 4.82. The number of likely N-dealkylation sites (tertiary alicyclic amines) is 1. The molecule has 0 saturated carbocycles. The van der Waals surface area contributed by atoms with Gasteiger partial charge in [-0.1, -0.05) is 23.7 Å². The number of thiophene rings is 1. The summed E-state index contributed by atoms with van der Waals surface area (Å²) in [5, 5.41) is 5.53. The van der Waals surface area contributed by atoms with Crippen molar-refractivity contribution < 1.29 is 14.5 Å². The molecule has 0 radical (unpaired) electrons. The number of amides is 2. The molecule has 0 spiro atoms. The van der Waals surface area contributed by atoms with E-state index >= 15 is 0 Å².